The van der Waals surface area contributed by atoms with Crippen LogP contribution < -0.4 is 5.32 Å². The molecule has 3 saturated heterocycles. The molecule has 3 aliphatic rings. The zero-order valence-electron chi connectivity index (χ0n) is 13.0. The number of carbonyl (C=O) groups is 1. The molecule has 20 heavy (non-hydrogen) atoms. The van der Waals surface area contributed by atoms with Gasteiger partial charge in [-0.15, -0.1) is 0 Å². The number of hydrogen-bond donors (Lipinski definition) is 1. The first-order valence-electron chi connectivity index (χ1n) is 8.51. The highest BCUT2D eigenvalue weighted by molar-refractivity contribution is 5.80. The van der Waals surface area contributed by atoms with Crippen LogP contribution in [0.1, 0.15) is 46.0 Å². The van der Waals surface area contributed by atoms with Gasteiger partial charge in [0.2, 0.25) is 5.91 Å². The van der Waals surface area contributed by atoms with Gasteiger partial charge in [0.15, 0.2) is 0 Å². The molecule has 0 aliphatic carbocycles. The van der Waals surface area contributed by atoms with E-state index in [1.807, 2.05) is 0 Å². The van der Waals surface area contributed by atoms with Crippen LogP contribution in [0.15, 0.2) is 0 Å². The molecule has 3 heterocycles. The molecule has 0 radical (unpaired) electrons. The van der Waals surface area contributed by atoms with Crippen molar-refractivity contribution in [2.45, 2.75) is 64.1 Å². The SMILES string of the molecule is CCN(CC)C1CCN(C(=O)C2CC3CCC2N3)CC1. The van der Waals surface area contributed by atoms with Gasteiger partial charge >= 0.3 is 0 Å². The van der Waals surface area contributed by atoms with Crippen molar-refractivity contribution in [2.75, 3.05) is 26.2 Å². The van der Waals surface area contributed by atoms with Crippen molar-refractivity contribution in [3.8, 4) is 0 Å². The van der Waals surface area contributed by atoms with E-state index >= 15 is 0 Å². The van der Waals surface area contributed by atoms with Crippen LogP contribution in [0.2, 0.25) is 0 Å². The van der Waals surface area contributed by atoms with Gasteiger partial charge in [0.1, 0.15) is 0 Å². The van der Waals surface area contributed by atoms with E-state index in [1.54, 1.807) is 0 Å². The number of carbonyl (C=O) groups excluding carboxylic acids is 1. The second-order valence-corrected chi connectivity index (χ2v) is 6.67. The first-order chi connectivity index (χ1) is 9.72. The predicted octanol–water partition coefficient (Wildman–Crippen LogP) is 1.46. The van der Waals surface area contributed by atoms with Gasteiger partial charge < -0.3 is 15.1 Å². The van der Waals surface area contributed by atoms with Crippen LogP contribution in [0.3, 0.4) is 0 Å². The Balaban J connectivity index is 1.52. The third kappa shape index (κ3) is 2.60. The van der Waals surface area contributed by atoms with E-state index in [2.05, 4.69) is 29.0 Å². The molecular weight excluding hydrogens is 250 g/mol. The first-order valence-corrected chi connectivity index (χ1v) is 8.51. The van der Waals surface area contributed by atoms with Gasteiger partial charge in [-0.3, -0.25) is 4.79 Å². The summed E-state index contributed by atoms with van der Waals surface area (Å²) in [5, 5.41) is 3.59. The fourth-order valence-electron chi connectivity index (χ4n) is 4.52. The van der Waals surface area contributed by atoms with Gasteiger partial charge in [0.25, 0.3) is 0 Å². The van der Waals surface area contributed by atoms with Crippen molar-refractivity contribution in [3.05, 3.63) is 0 Å². The summed E-state index contributed by atoms with van der Waals surface area (Å²) < 4.78 is 0. The summed E-state index contributed by atoms with van der Waals surface area (Å²) in [6.07, 6.45) is 5.87. The molecule has 1 amide bonds. The van der Waals surface area contributed by atoms with Crippen LogP contribution in [0.25, 0.3) is 0 Å². The number of hydrogen-bond acceptors (Lipinski definition) is 3. The molecular formula is C16H29N3O. The van der Waals surface area contributed by atoms with Crippen LogP contribution in [0, 0.1) is 5.92 Å². The normalized spacial score (nSPS) is 34.1. The molecule has 3 fully saturated rings. The fourth-order valence-corrected chi connectivity index (χ4v) is 4.52. The van der Waals surface area contributed by atoms with Gasteiger partial charge in [-0.1, -0.05) is 13.8 Å². The minimum absolute atomic E-state index is 0.277. The Morgan fingerprint density at radius 3 is 2.35 bits per heavy atom. The van der Waals surface area contributed by atoms with Crippen molar-refractivity contribution in [1.29, 1.82) is 0 Å². The molecule has 0 aromatic heterocycles. The molecule has 0 aromatic rings. The van der Waals surface area contributed by atoms with E-state index in [4.69, 9.17) is 0 Å². The molecule has 114 valence electrons. The Morgan fingerprint density at radius 1 is 1.15 bits per heavy atom. The van der Waals surface area contributed by atoms with Crippen LogP contribution >= 0.6 is 0 Å². The summed E-state index contributed by atoms with van der Waals surface area (Å²) in [7, 11) is 0. The number of fused-ring (bicyclic) bond motifs is 2. The van der Waals surface area contributed by atoms with Crippen LogP contribution in [0.5, 0.6) is 0 Å². The van der Waals surface area contributed by atoms with Crippen LogP contribution in [-0.4, -0.2) is 60.0 Å². The third-order valence-corrected chi connectivity index (χ3v) is 5.72. The molecule has 0 spiro atoms. The molecule has 4 heteroatoms. The number of nitrogens with one attached hydrogen (secondary N) is 1. The lowest BCUT2D eigenvalue weighted by atomic mass is 9.87. The van der Waals surface area contributed by atoms with Gasteiger partial charge in [0.05, 0.1) is 5.92 Å². The minimum atomic E-state index is 0.277. The van der Waals surface area contributed by atoms with E-state index < -0.39 is 0 Å². The fraction of sp³-hybridized carbons (Fsp3) is 0.938. The topological polar surface area (TPSA) is 35.6 Å². The zero-order chi connectivity index (χ0) is 14.1. The van der Waals surface area contributed by atoms with Crippen molar-refractivity contribution in [1.82, 2.24) is 15.1 Å². The van der Waals surface area contributed by atoms with Crippen LogP contribution in [-0.2, 0) is 4.79 Å². The number of nitrogens with zero attached hydrogens (tertiary/aromatic N) is 2. The lowest BCUT2D eigenvalue weighted by Gasteiger charge is -2.39. The van der Waals surface area contributed by atoms with Crippen molar-refractivity contribution in [3.63, 3.8) is 0 Å². The highest BCUT2D eigenvalue weighted by Gasteiger charge is 2.44. The van der Waals surface area contributed by atoms with Gasteiger partial charge in [-0.2, -0.15) is 0 Å². The maximum Gasteiger partial charge on any atom is 0.227 e. The summed E-state index contributed by atoms with van der Waals surface area (Å²) in [6.45, 7) is 8.67. The van der Waals surface area contributed by atoms with E-state index in [1.165, 1.54) is 12.8 Å². The average molecular weight is 279 g/mol. The summed E-state index contributed by atoms with van der Waals surface area (Å²) in [4.78, 5) is 17.4. The Labute approximate surface area is 122 Å². The first kappa shape index (κ1) is 14.3. The maximum absolute atomic E-state index is 12.7. The molecule has 0 saturated carbocycles. The highest BCUT2D eigenvalue weighted by atomic mass is 16.2. The molecule has 2 bridgehead atoms. The molecule has 1 N–H and O–H groups in total. The van der Waals surface area contributed by atoms with Gasteiger partial charge in [0, 0.05) is 31.2 Å². The number of rotatable bonds is 4. The Kier molecular flexibility index (Phi) is 4.32. The van der Waals surface area contributed by atoms with E-state index in [0.29, 0.717) is 24.0 Å². The highest BCUT2D eigenvalue weighted by Crippen LogP contribution is 2.35. The summed E-state index contributed by atoms with van der Waals surface area (Å²) >= 11 is 0. The predicted molar refractivity (Wildman–Crippen MR) is 80.6 cm³/mol. The smallest absolute Gasteiger partial charge is 0.227 e. The lowest BCUT2D eigenvalue weighted by molar-refractivity contribution is -0.137. The van der Waals surface area contributed by atoms with Crippen molar-refractivity contribution < 1.29 is 4.79 Å². The summed E-state index contributed by atoms with van der Waals surface area (Å²) in [6, 6.07) is 1.79. The number of amides is 1. The largest absolute Gasteiger partial charge is 0.342 e. The van der Waals surface area contributed by atoms with Gasteiger partial charge in [-0.25, -0.2) is 0 Å². The molecule has 3 unspecified atom stereocenters. The average Bonchev–Trinajstić information content (AvgIpc) is 3.11. The van der Waals surface area contributed by atoms with E-state index in [9.17, 15) is 4.79 Å². The Bertz CT molecular complexity index is 348. The number of likely N-dealkylation sites (tertiary alicyclic amines) is 1. The second-order valence-electron chi connectivity index (χ2n) is 6.67. The molecule has 3 atom stereocenters. The molecule has 0 aromatic carbocycles. The quantitative estimate of drug-likeness (QED) is 0.846. The van der Waals surface area contributed by atoms with Crippen molar-refractivity contribution >= 4 is 5.91 Å². The van der Waals surface area contributed by atoms with Crippen molar-refractivity contribution in [2.24, 2.45) is 5.92 Å². The zero-order valence-corrected chi connectivity index (χ0v) is 13.0. The Morgan fingerprint density at radius 2 is 1.85 bits per heavy atom. The van der Waals surface area contributed by atoms with Gasteiger partial charge in [-0.05, 0) is 45.2 Å². The summed E-state index contributed by atoms with van der Waals surface area (Å²) in [5.41, 5.74) is 0. The summed E-state index contributed by atoms with van der Waals surface area (Å²) in [5.74, 6) is 0.710. The third-order valence-electron chi connectivity index (χ3n) is 5.72. The van der Waals surface area contributed by atoms with E-state index in [0.717, 1.165) is 45.4 Å². The molecule has 3 rings (SSSR count). The van der Waals surface area contributed by atoms with E-state index in [-0.39, 0.29) is 5.92 Å². The maximum atomic E-state index is 12.7. The molecule has 3 aliphatic heterocycles. The monoisotopic (exact) mass is 279 g/mol. The second kappa shape index (κ2) is 6.02. The molecule has 4 nitrogen and oxygen atoms in total. The lowest BCUT2D eigenvalue weighted by Crippen LogP contribution is -2.49. The van der Waals surface area contributed by atoms with Crippen LogP contribution in [0.4, 0.5) is 0 Å². The number of piperidine rings is 1. The minimum Gasteiger partial charge on any atom is -0.342 e. The Hall–Kier alpha value is -0.610. The standard InChI is InChI=1S/C16H29N3O/c1-3-18(4-2)13-7-9-19(10-8-13)16(20)14-11-12-5-6-15(14)17-12/h12-15,17H,3-11H2,1-2H3.